The van der Waals surface area contributed by atoms with Crippen LogP contribution in [0.2, 0.25) is 0 Å². The van der Waals surface area contributed by atoms with Gasteiger partial charge in [-0.15, -0.1) is 0 Å². The highest BCUT2D eigenvalue weighted by atomic mass is 16.5. The van der Waals surface area contributed by atoms with E-state index in [-0.39, 0.29) is 11.9 Å². The van der Waals surface area contributed by atoms with Crippen molar-refractivity contribution in [2.75, 3.05) is 39.8 Å². The highest BCUT2D eigenvalue weighted by molar-refractivity contribution is 6.24. The molecule has 152 valence electrons. The lowest BCUT2D eigenvalue weighted by molar-refractivity contribution is -0.126. The van der Waals surface area contributed by atoms with Gasteiger partial charge in [-0.05, 0) is 24.6 Å². The highest BCUT2D eigenvalue weighted by Crippen LogP contribution is 2.26. The number of urea groups is 1. The molecule has 1 heterocycles. The fourth-order valence-corrected chi connectivity index (χ4v) is 3.37. The Morgan fingerprint density at radius 1 is 0.966 bits per heavy atom. The number of nitrogens with one attached hydrogen (secondary N) is 1. The molecule has 6 nitrogen and oxygen atoms in total. The zero-order valence-corrected chi connectivity index (χ0v) is 16.9. The number of piperazine rings is 1. The molecule has 6 heteroatoms. The van der Waals surface area contributed by atoms with E-state index < -0.39 is 0 Å². The number of hydrogen-bond acceptors (Lipinski definition) is 3. The summed E-state index contributed by atoms with van der Waals surface area (Å²) in [6.45, 7) is 4.55. The van der Waals surface area contributed by atoms with Gasteiger partial charge in [-0.1, -0.05) is 48.5 Å². The molecule has 1 saturated heterocycles. The van der Waals surface area contributed by atoms with Crippen LogP contribution in [0.4, 0.5) is 4.79 Å². The standard InChI is InChI=1S/C23H27N3O3/c1-3-24-23(28)26-15-13-25(14-16-26)22(27)20(18-9-5-4-6-10-18)17-19-11-7-8-12-21(19)29-2/h4-12,17H,3,13-16H2,1-2H3,(H,24,28)/b20-17+. The molecular formula is C23H27N3O3. The molecule has 29 heavy (non-hydrogen) atoms. The predicted octanol–water partition coefficient (Wildman–Crippen LogP) is 3.11. The van der Waals surface area contributed by atoms with E-state index in [2.05, 4.69) is 5.32 Å². The molecule has 0 bridgehead atoms. The van der Waals surface area contributed by atoms with Gasteiger partial charge in [0.25, 0.3) is 5.91 Å². The van der Waals surface area contributed by atoms with Crippen LogP contribution in [0.5, 0.6) is 5.75 Å². The Morgan fingerprint density at radius 2 is 1.59 bits per heavy atom. The molecule has 2 aromatic rings. The number of carbonyl (C=O) groups excluding carboxylic acids is 2. The Morgan fingerprint density at radius 3 is 2.24 bits per heavy atom. The number of nitrogens with zero attached hydrogens (tertiary/aromatic N) is 2. The lowest BCUT2D eigenvalue weighted by Crippen LogP contribution is -2.53. The zero-order valence-electron chi connectivity index (χ0n) is 16.9. The van der Waals surface area contributed by atoms with Crippen LogP contribution in [0, 0.1) is 0 Å². The van der Waals surface area contributed by atoms with Crippen LogP contribution in [-0.4, -0.2) is 61.6 Å². The summed E-state index contributed by atoms with van der Waals surface area (Å²) in [5, 5.41) is 2.81. The monoisotopic (exact) mass is 393 g/mol. The fourth-order valence-electron chi connectivity index (χ4n) is 3.37. The summed E-state index contributed by atoms with van der Waals surface area (Å²) in [6.07, 6.45) is 1.88. The Kier molecular flexibility index (Phi) is 6.89. The summed E-state index contributed by atoms with van der Waals surface area (Å²) in [7, 11) is 1.62. The van der Waals surface area contributed by atoms with Gasteiger partial charge in [0, 0.05) is 43.9 Å². The first-order chi connectivity index (χ1) is 14.1. The summed E-state index contributed by atoms with van der Waals surface area (Å²) in [5.74, 6) is 0.674. The average molecular weight is 393 g/mol. The van der Waals surface area contributed by atoms with Gasteiger partial charge < -0.3 is 19.9 Å². The second-order valence-corrected chi connectivity index (χ2v) is 6.78. The summed E-state index contributed by atoms with van der Waals surface area (Å²) >= 11 is 0. The summed E-state index contributed by atoms with van der Waals surface area (Å²) in [5.41, 5.74) is 2.32. The van der Waals surface area contributed by atoms with E-state index in [0.29, 0.717) is 38.3 Å². The van der Waals surface area contributed by atoms with Gasteiger partial charge in [0.05, 0.1) is 7.11 Å². The number of ether oxygens (including phenoxy) is 1. The van der Waals surface area contributed by atoms with Crippen molar-refractivity contribution in [3.63, 3.8) is 0 Å². The Hall–Kier alpha value is -3.28. The molecule has 1 N–H and O–H groups in total. The molecule has 0 spiro atoms. The molecule has 0 aliphatic carbocycles. The first-order valence-corrected chi connectivity index (χ1v) is 9.86. The SMILES string of the molecule is CCNC(=O)N1CCN(C(=O)/C(=C/c2ccccc2OC)c2ccccc2)CC1. The van der Waals surface area contributed by atoms with E-state index in [1.165, 1.54) is 0 Å². The third-order valence-corrected chi connectivity index (χ3v) is 4.94. The molecule has 0 saturated carbocycles. The van der Waals surface area contributed by atoms with Crippen molar-refractivity contribution >= 4 is 23.6 Å². The maximum atomic E-state index is 13.4. The van der Waals surface area contributed by atoms with Crippen molar-refractivity contribution in [2.45, 2.75) is 6.92 Å². The zero-order chi connectivity index (χ0) is 20.6. The molecule has 0 atom stereocenters. The minimum atomic E-state index is -0.0764. The highest BCUT2D eigenvalue weighted by Gasteiger charge is 2.26. The van der Waals surface area contributed by atoms with Crippen LogP contribution < -0.4 is 10.1 Å². The normalized spacial score (nSPS) is 14.5. The van der Waals surface area contributed by atoms with Crippen molar-refractivity contribution in [1.29, 1.82) is 0 Å². The van der Waals surface area contributed by atoms with Gasteiger partial charge in [-0.3, -0.25) is 4.79 Å². The van der Waals surface area contributed by atoms with Gasteiger partial charge in [0.1, 0.15) is 5.75 Å². The van der Waals surface area contributed by atoms with Crippen molar-refractivity contribution in [1.82, 2.24) is 15.1 Å². The second kappa shape index (κ2) is 9.78. The molecule has 0 unspecified atom stereocenters. The maximum absolute atomic E-state index is 13.4. The number of methoxy groups -OCH3 is 1. The van der Waals surface area contributed by atoms with Gasteiger partial charge in [-0.25, -0.2) is 4.79 Å². The lowest BCUT2D eigenvalue weighted by Gasteiger charge is -2.35. The Bertz CT molecular complexity index is 872. The van der Waals surface area contributed by atoms with E-state index >= 15 is 0 Å². The first kappa shape index (κ1) is 20.5. The molecule has 2 aromatic carbocycles. The number of carbonyl (C=O) groups is 2. The number of hydrogen-bond donors (Lipinski definition) is 1. The van der Waals surface area contributed by atoms with E-state index in [9.17, 15) is 9.59 Å². The smallest absolute Gasteiger partial charge is 0.317 e. The van der Waals surface area contributed by atoms with E-state index in [0.717, 1.165) is 16.9 Å². The number of para-hydroxylation sites is 1. The third-order valence-electron chi connectivity index (χ3n) is 4.94. The summed E-state index contributed by atoms with van der Waals surface area (Å²) in [6, 6.07) is 17.2. The maximum Gasteiger partial charge on any atom is 0.317 e. The topological polar surface area (TPSA) is 61.9 Å². The average Bonchev–Trinajstić information content (AvgIpc) is 2.78. The minimum absolute atomic E-state index is 0.0438. The first-order valence-electron chi connectivity index (χ1n) is 9.86. The van der Waals surface area contributed by atoms with Crippen molar-refractivity contribution < 1.29 is 14.3 Å². The molecular weight excluding hydrogens is 366 g/mol. The molecule has 0 aromatic heterocycles. The number of rotatable bonds is 5. The molecule has 3 amide bonds. The summed E-state index contributed by atoms with van der Waals surface area (Å²) in [4.78, 5) is 29.0. The molecule has 0 radical (unpaired) electrons. The van der Waals surface area contributed by atoms with E-state index in [1.807, 2.05) is 72.5 Å². The largest absolute Gasteiger partial charge is 0.496 e. The van der Waals surface area contributed by atoms with Crippen LogP contribution in [0.25, 0.3) is 11.6 Å². The molecule has 1 fully saturated rings. The van der Waals surface area contributed by atoms with Gasteiger partial charge in [0.15, 0.2) is 0 Å². The molecule has 1 aliphatic rings. The lowest BCUT2D eigenvalue weighted by atomic mass is 10.0. The van der Waals surface area contributed by atoms with Gasteiger partial charge in [0.2, 0.25) is 0 Å². The number of amides is 3. The van der Waals surface area contributed by atoms with Crippen molar-refractivity contribution in [2.24, 2.45) is 0 Å². The summed E-state index contributed by atoms with van der Waals surface area (Å²) < 4.78 is 5.45. The second-order valence-electron chi connectivity index (χ2n) is 6.78. The predicted molar refractivity (Wildman–Crippen MR) is 115 cm³/mol. The van der Waals surface area contributed by atoms with Crippen molar-refractivity contribution in [3.05, 3.63) is 65.7 Å². The Labute approximate surface area is 171 Å². The minimum Gasteiger partial charge on any atom is -0.496 e. The van der Waals surface area contributed by atoms with Crippen LogP contribution in [0.15, 0.2) is 54.6 Å². The third kappa shape index (κ3) is 4.96. The van der Waals surface area contributed by atoms with Crippen molar-refractivity contribution in [3.8, 4) is 5.75 Å². The van der Waals surface area contributed by atoms with Gasteiger partial charge >= 0.3 is 6.03 Å². The van der Waals surface area contributed by atoms with Gasteiger partial charge in [-0.2, -0.15) is 0 Å². The van der Waals surface area contributed by atoms with E-state index in [1.54, 1.807) is 12.0 Å². The van der Waals surface area contributed by atoms with Crippen LogP contribution in [-0.2, 0) is 4.79 Å². The van der Waals surface area contributed by atoms with Crippen LogP contribution in [0.3, 0.4) is 0 Å². The fraction of sp³-hybridized carbons (Fsp3) is 0.304. The molecule has 1 aliphatic heterocycles. The Balaban J connectivity index is 1.85. The quantitative estimate of drug-likeness (QED) is 0.627. The van der Waals surface area contributed by atoms with Crippen LogP contribution in [0.1, 0.15) is 18.1 Å². The number of benzene rings is 2. The van der Waals surface area contributed by atoms with E-state index in [4.69, 9.17) is 4.74 Å². The van der Waals surface area contributed by atoms with Crippen LogP contribution >= 0.6 is 0 Å². The molecule has 3 rings (SSSR count).